The molecule has 0 aliphatic carbocycles. The van der Waals surface area contributed by atoms with E-state index in [1.54, 1.807) is 14.2 Å². The van der Waals surface area contributed by atoms with Crippen LogP contribution >= 0.6 is 30.6 Å². The molecule has 3 atom stereocenters. The zero-order valence-electron chi connectivity index (χ0n) is 47.5. The van der Waals surface area contributed by atoms with Crippen molar-refractivity contribution in [3.63, 3.8) is 0 Å². The van der Waals surface area contributed by atoms with Gasteiger partial charge in [0.2, 0.25) is 0 Å². The number of hydrogen-bond acceptors (Lipinski definition) is 12. The molecule has 0 spiro atoms. The monoisotopic (exact) mass is 1070 g/mol. The Hall–Kier alpha value is -4.30. The molecule has 0 radical (unpaired) electrons. The van der Waals surface area contributed by atoms with Gasteiger partial charge in [-0.25, -0.2) is 9.38 Å². The standard InChI is InChI=1S/C32H48N3O2PS.C27H39FN4O2S/c1-11-29(35(23(2)3)30(33-8)32(7)18-20-37-21-19-32)27-22-25(36-9)14-17-28(27)34-38(10)39-26-15-12-24(13-16-26)31(4,5)6;1-8-25-29-26(17-31(6)13-14-34-7)32(25)18(2)21-15-24(33)22(28)16-23(21)30-35-20-11-9-19(10-12-20)27(3,4)5/h11-17,22-23,34H,18-21H2,1-10H3;9-12,15-16,18,25,30,33H,8,13-14,17H2,1-7H3/b29-11+,33-30?;. The lowest BCUT2D eigenvalue weighted by Crippen LogP contribution is -2.53. The number of nitrogens with one attached hydrogen (secondary N) is 2. The number of amidine groups is 2. The smallest absolute Gasteiger partial charge is 0.166 e. The molecule has 3 unspecified atom stereocenters. The molecule has 1 fully saturated rings. The summed E-state index contributed by atoms with van der Waals surface area (Å²) in [5.41, 5.74) is 7.67. The molecular formula is C59H87FN7O4PS2. The lowest BCUT2D eigenvalue weighted by molar-refractivity contribution is 0.0483. The number of rotatable bonds is 20. The Morgan fingerprint density at radius 2 is 1.57 bits per heavy atom. The predicted octanol–water partition coefficient (Wildman–Crippen LogP) is 15.1. The van der Waals surface area contributed by atoms with E-state index in [-0.39, 0.29) is 40.2 Å². The van der Waals surface area contributed by atoms with Crippen molar-refractivity contribution in [1.82, 2.24) is 14.7 Å². The number of likely N-dealkylation sites (N-methyl/N-ethyl adjacent to an activating group) is 1. The molecule has 3 N–H and O–H groups in total. The van der Waals surface area contributed by atoms with E-state index in [2.05, 4.69) is 181 Å². The van der Waals surface area contributed by atoms with Crippen LogP contribution in [-0.2, 0) is 20.3 Å². The van der Waals surface area contributed by atoms with Gasteiger partial charge in [0.25, 0.3) is 0 Å². The number of benzene rings is 4. The first-order valence-electron chi connectivity index (χ1n) is 26.0. The van der Waals surface area contributed by atoms with Gasteiger partial charge < -0.3 is 38.9 Å². The summed E-state index contributed by atoms with van der Waals surface area (Å²) in [6.45, 7) is 32.4. The molecule has 0 saturated carbocycles. The number of halogens is 1. The lowest BCUT2D eigenvalue weighted by Gasteiger charge is -2.45. The first-order chi connectivity index (χ1) is 35.0. The molecule has 2 aliphatic heterocycles. The molecule has 0 aromatic heterocycles. The van der Waals surface area contributed by atoms with Crippen molar-refractivity contribution in [1.29, 1.82) is 0 Å². The molecule has 1 saturated heterocycles. The van der Waals surface area contributed by atoms with Gasteiger partial charge in [0, 0.05) is 83.7 Å². The largest absolute Gasteiger partial charge is 0.505 e. The lowest BCUT2D eigenvalue weighted by atomic mass is 9.79. The average Bonchev–Trinajstić information content (AvgIpc) is 3.35. The molecular weight excluding hydrogens is 985 g/mol. The van der Waals surface area contributed by atoms with E-state index in [1.165, 1.54) is 40.1 Å². The van der Waals surface area contributed by atoms with Crippen molar-refractivity contribution in [3.05, 3.63) is 113 Å². The Kier molecular flexibility index (Phi) is 22.2. The molecule has 0 bridgehead atoms. The summed E-state index contributed by atoms with van der Waals surface area (Å²) in [7, 11) is 6.82. The number of ether oxygens (including phenoxy) is 3. The van der Waals surface area contributed by atoms with Crippen LogP contribution in [0.3, 0.4) is 0 Å². The van der Waals surface area contributed by atoms with Gasteiger partial charge in [-0.3, -0.25) is 9.89 Å². The number of phenolic OH excluding ortho intramolecular Hbond substituents is 1. The molecule has 0 amide bonds. The van der Waals surface area contributed by atoms with Gasteiger partial charge in [-0.2, -0.15) is 0 Å². The van der Waals surface area contributed by atoms with Crippen LogP contribution in [0.4, 0.5) is 15.8 Å². The topological polar surface area (TPSA) is 106 Å². The SMILES string of the molecule is C/C=C(\c1cc(OC)ccc1NP(C)Sc1ccc(C(C)(C)C)cc1)N(C(=NC)C1(C)CCOCC1)C(C)C.CCC1N=C(CN(C)CCOC)N1C(C)c1cc(O)c(F)cc1NSc1ccc(C(C)(C)C)cc1. The average molecular weight is 1070 g/mol. The molecule has 4 aromatic rings. The second-order valence-electron chi connectivity index (χ2n) is 21.9. The van der Waals surface area contributed by atoms with Gasteiger partial charge in [0.05, 0.1) is 39.3 Å². The highest BCUT2D eigenvalue weighted by atomic mass is 32.7. The first-order valence-corrected chi connectivity index (χ1v) is 30.1. The van der Waals surface area contributed by atoms with Gasteiger partial charge in [0.1, 0.15) is 23.6 Å². The number of methoxy groups -OCH3 is 2. The summed E-state index contributed by atoms with van der Waals surface area (Å²) in [6, 6.07) is 26.8. The number of nitrogens with zero attached hydrogens (tertiary/aromatic N) is 5. The molecule has 2 heterocycles. The van der Waals surface area contributed by atoms with E-state index in [1.807, 2.05) is 31.5 Å². The number of anilines is 2. The summed E-state index contributed by atoms with van der Waals surface area (Å²) in [5, 5.41) is 14.0. The van der Waals surface area contributed by atoms with Gasteiger partial charge in [0.15, 0.2) is 11.6 Å². The van der Waals surface area contributed by atoms with Crippen LogP contribution in [0, 0.1) is 11.2 Å². The summed E-state index contributed by atoms with van der Waals surface area (Å²) in [4.78, 5) is 18.9. The number of aromatic hydroxyl groups is 1. The quantitative estimate of drug-likeness (QED) is 0.0259. The number of aliphatic imine (C=N–C) groups is 2. The Balaban J connectivity index is 0.000000276. The molecule has 406 valence electrons. The van der Waals surface area contributed by atoms with Crippen molar-refractivity contribution in [2.75, 3.05) is 77.7 Å². The van der Waals surface area contributed by atoms with Crippen molar-refractivity contribution in [3.8, 4) is 11.5 Å². The maximum absolute atomic E-state index is 14.4. The highest BCUT2D eigenvalue weighted by Crippen LogP contribution is 2.52. The first kappa shape index (κ1) is 60.6. The summed E-state index contributed by atoms with van der Waals surface area (Å²) >= 11 is 3.33. The fourth-order valence-electron chi connectivity index (χ4n) is 9.28. The van der Waals surface area contributed by atoms with E-state index in [9.17, 15) is 9.50 Å². The normalized spacial score (nSPS) is 17.0. The molecule has 15 heteroatoms. The van der Waals surface area contributed by atoms with E-state index in [4.69, 9.17) is 24.2 Å². The van der Waals surface area contributed by atoms with Crippen LogP contribution in [-0.4, -0.2) is 112 Å². The number of hydrogen-bond donors (Lipinski definition) is 3. The Morgan fingerprint density at radius 3 is 2.09 bits per heavy atom. The van der Waals surface area contributed by atoms with Gasteiger partial charge in [-0.15, -0.1) is 0 Å². The molecule has 74 heavy (non-hydrogen) atoms. The second kappa shape index (κ2) is 27.1. The predicted molar refractivity (Wildman–Crippen MR) is 316 cm³/mol. The van der Waals surface area contributed by atoms with Crippen molar-refractivity contribution in [2.24, 2.45) is 15.4 Å². The van der Waals surface area contributed by atoms with Crippen molar-refractivity contribution >= 4 is 59.3 Å². The molecule has 2 aliphatic rings. The van der Waals surface area contributed by atoms with Gasteiger partial charge >= 0.3 is 0 Å². The van der Waals surface area contributed by atoms with Crippen LogP contribution in [0.1, 0.15) is 131 Å². The highest BCUT2D eigenvalue weighted by molar-refractivity contribution is 8.56. The van der Waals surface area contributed by atoms with Crippen LogP contribution in [0.15, 0.2) is 105 Å². The van der Waals surface area contributed by atoms with Gasteiger partial charge in [-0.1, -0.05) is 97.1 Å². The van der Waals surface area contributed by atoms with Crippen LogP contribution < -0.4 is 14.5 Å². The van der Waals surface area contributed by atoms with Crippen LogP contribution in [0.2, 0.25) is 0 Å². The maximum Gasteiger partial charge on any atom is 0.166 e. The third kappa shape index (κ3) is 15.9. The zero-order chi connectivity index (χ0) is 54.5. The third-order valence-electron chi connectivity index (χ3n) is 13.7. The van der Waals surface area contributed by atoms with E-state index in [0.29, 0.717) is 18.8 Å². The Morgan fingerprint density at radius 1 is 0.959 bits per heavy atom. The number of phenols is 1. The van der Waals surface area contributed by atoms with Crippen LogP contribution in [0.25, 0.3) is 5.70 Å². The van der Waals surface area contributed by atoms with Crippen molar-refractivity contribution in [2.45, 2.75) is 141 Å². The van der Waals surface area contributed by atoms with E-state index >= 15 is 0 Å². The van der Waals surface area contributed by atoms with E-state index < -0.39 is 13.1 Å². The molecule has 11 nitrogen and oxygen atoms in total. The minimum Gasteiger partial charge on any atom is -0.505 e. The summed E-state index contributed by atoms with van der Waals surface area (Å²) in [5.74, 6) is 1.96. The minimum absolute atomic E-state index is 0.0373. The Labute approximate surface area is 454 Å². The van der Waals surface area contributed by atoms with Crippen molar-refractivity contribution < 1.29 is 23.7 Å². The zero-order valence-corrected chi connectivity index (χ0v) is 50.0. The third-order valence-corrected chi connectivity index (χ3v) is 17.6. The maximum atomic E-state index is 14.4. The fraction of sp³-hybridized carbons (Fsp3) is 0.525. The fourth-order valence-corrected chi connectivity index (χ4v) is 12.9. The highest BCUT2D eigenvalue weighted by Gasteiger charge is 2.39. The Bertz CT molecular complexity index is 2520. The second-order valence-corrected chi connectivity index (χ2v) is 26.8. The van der Waals surface area contributed by atoms with Gasteiger partial charge in [-0.05, 0) is 143 Å². The molecule has 4 aromatic carbocycles. The molecule has 6 rings (SSSR count). The summed E-state index contributed by atoms with van der Waals surface area (Å²) < 4.78 is 34.3. The van der Waals surface area contributed by atoms with E-state index in [0.717, 1.165) is 83.8 Å². The minimum atomic E-state index is -0.643. The van der Waals surface area contributed by atoms with Crippen LogP contribution in [0.5, 0.6) is 11.5 Å². The number of allylic oxidation sites excluding steroid dienone is 1. The summed E-state index contributed by atoms with van der Waals surface area (Å²) in [6.07, 6.45) is 5.08.